The Kier molecular flexibility index (Phi) is 5.52. The number of hydrogen-bond donors (Lipinski definition) is 2. The van der Waals surface area contributed by atoms with Gasteiger partial charge in [0.25, 0.3) is 5.56 Å². The van der Waals surface area contributed by atoms with Crippen LogP contribution >= 0.6 is 11.3 Å². The van der Waals surface area contributed by atoms with Gasteiger partial charge in [-0.05, 0) is 37.5 Å². The molecule has 0 saturated carbocycles. The van der Waals surface area contributed by atoms with Crippen LogP contribution in [0.3, 0.4) is 0 Å². The fourth-order valence-electron chi connectivity index (χ4n) is 4.14. The minimum atomic E-state index is -0.741. The van der Waals surface area contributed by atoms with Gasteiger partial charge in [0.1, 0.15) is 5.82 Å². The zero-order valence-corrected chi connectivity index (χ0v) is 17.0. The third-order valence-corrected chi connectivity index (χ3v) is 6.57. The Balaban J connectivity index is 1.56. The molecule has 0 amide bonds. The molecule has 3 heterocycles. The number of aliphatic hydroxyl groups excluding tert-OH is 2. The third kappa shape index (κ3) is 4.11. The Morgan fingerprint density at radius 3 is 2.83 bits per heavy atom. The molecule has 29 heavy (non-hydrogen) atoms. The van der Waals surface area contributed by atoms with Gasteiger partial charge < -0.3 is 10.2 Å². The highest BCUT2D eigenvalue weighted by Crippen LogP contribution is 2.34. The lowest BCUT2D eigenvalue weighted by Crippen LogP contribution is -2.54. The molecule has 0 spiro atoms. The number of fused-ring (bicyclic) bond motifs is 1. The van der Waals surface area contributed by atoms with Crippen molar-refractivity contribution in [2.75, 3.05) is 19.7 Å². The zero-order valence-electron chi connectivity index (χ0n) is 16.2. The van der Waals surface area contributed by atoms with Crippen LogP contribution < -0.4 is 5.56 Å². The number of rotatable bonds is 5. The first-order valence-electron chi connectivity index (χ1n) is 9.63. The van der Waals surface area contributed by atoms with Crippen LogP contribution in [-0.2, 0) is 13.0 Å². The summed E-state index contributed by atoms with van der Waals surface area (Å²) in [4.78, 5) is 20.8. The van der Waals surface area contributed by atoms with E-state index in [1.54, 1.807) is 28.8 Å². The Bertz CT molecular complexity index is 1070. The van der Waals surface area contributed by atoms with E-state index in [-0.39, 0.29) is 18.0 Å². The number of aryl methyl sites for hydroxylation is 1. The standard InChI is InChI=1S/C21H24FN3O3S/c1-14-10-25-19(28)8-17(23-20(25)29-14)11-24-7-6-18(27)21(12-24,13-26)9-15-2-4-16(22)5-3-15/h2-5,8,10,18,26-27H,6-7,9,11-13H2,1H3/t18-,21-/m0/s1. The van der Waals surface area contributed by atoms with E-state index in [9.17, 15) is 19.4 Å². The van der Waals surface area contributed by atoms with E-state index in [2.05, 4.69) is 9.88 Å². The normalized spacial score (nSPS) is 23.0. The van der Waals surface area contributed by atoms with Crippen LogP contribution in [0, 0.1) is 18.2 Å². The molecule has 0 bridgehead atoms. The molecule has 2 N–H and O–H groups in total. The Morgan fingerprint density at radius 2 is 2.10 bits per heavy atom. The van der Waals surface area contributed by atoms with Gasteiger partial charge in [-0.1, -0.05) is 12.1 Å². The van der Waals surface area contributed by atoms with Gasteiger partial charge in [0.05, 0.1) is 18.4 Å². The zero-order chi connectivity index (χ0) is 20.6. The summed E-state index contributed by atoms with van der Waals surface area (Å²) in [5, 5.41) is 20.9. The van der Waals surface area contributed by atoms with Gasteiger partial charge in [-0.3, -0.25) is 14.1 Å². The largest absolute Gasteiger partial charge is 0.396 e. The van der Waals surface area contributed by atoms with Crippen LogP contribution in [0.4, 0.5) is 4.39 Å². The van der Waals surface area contributed by atoms with Crippen molar-refractivity contribution in [3.05, 3.63) is 68.8 Å². The van der Waals surface area contributed by atoms with E-state index in [0.717, 1.165) is 10.4 Å². The average Bonchev–Trinajstić information content (AvgIpc) is 3.07. The van der Waals surface area contributed by atoms with Crippen LogP contribution in [0.5, 0.6) is 0 Å². The Hall–Kier alpha value is -2.13. The smallest absolute Gasteiger partial charge is 0.258 e. The lowest BCUT2D eigenvalue weighted by molar-refractivity contribution is -0.0770. The maximum Gasteiger partial charge on any atom is 0.258 e. The van der Waals surface area contributed by atoms with Crippen LogP contribution in [0.2, 0.25) is 0 Å². The molecule has 8 heteroatoms. The predicted molar refractivity (Wildman–Crippen MR) is 110 cm³/mol. The van der Waals surface area contributed by atoms with E-state index < -0.39 is 11.5 Å². The summed E-state index contributed by atoms with van der Waals surface area (Å²) < 4.78 is 14.8. The second kappa shape index (κ2) is 7.95. The molecule has 1 aliphatic rings. The van der Waals surface area contributed by atoms with E-state index >= 15 is 0 Å². The molecule has 4 rings (SSSR count). The van der Waals surface area contributed by atoms with Gasteiger partial charge in [0, 0.05) is 42.2 Å². The quantitative estimate of drug-likeness (QED) is 0.664. The minimum Gasteiger partial charge on any atom is -0.396 e. The predicted octanol–water partition coefficient (Wildman–Crippen LogP) is 1.99. The van der Waals surface area contributed by atoms with Crippen molar-refractivity contribution in [3.8, 4) is 0 Å². The van der Waals surface area contributed by atoms with Crippen molar-refractivity contribution < 1.29 is 14.6 Å². The van der Waals surface area contributed by atoms with Gasteiger partial charge in [0.15, 0.2) is 4.96 Å². The van der Waals surface area contributed by atoms with Crippen LogP contribution in [0.25, 0.3) is 4.96 Å². The molecular formula is C21H24FN3O3S. The molecular weight excluding hydrogens is 393 g/mol. The molecule has 3 aromatic rings. The van der Waals surface area contributed by atoms with Gasteiger partial charge >= 0.3 is 0 Å². The highest BCUT2D eigenvalue weighted by Gasteiger charge is 2.42. The number of piperidine rings is 1. The SMILES string of the molecule is Cc1cn2c(=O)cc(CN3CC[C@H](O)[C@@](CO)(Cc4ccc(F)cc4)C3)nc2s1. The Labute approximate surface area is 171 Å². The molecule has 1 aliphatic heterocycles. The third-order valence-electron chi connectivity index (χ3n) is 5.67. The highest BCUT2D eigenvalue weighted by atomic mass is 32.1. The number of benzene rings is 1. The second-order valence-electron chi connectivity index (χ2n) is 7.92. The van der Waals surface area contributed by atoms with Gasteiger partial charge in [-0.15, -0.1) is 11.3 Å². The fourth-order valence-corrected chi connectivity index (χ4v) is 4.99. The minimum absolute atomic E-state index is 0.105. The van der Waals surface area contributed by atoms with E-state index in [1.807, 2.05) is 6.92 Å². The van der Waals surface area contributed by atoms with Crippen molar-refractivity contribution in [1.29, 1.82) is 0 Å². The van der Waals surface area contributed by atoms with Crippen molar-refractivity contribution >= 4 is 16.3 Å². The number of hydrogen-bond acceptors (Lipinski definition) is 6. The van der Waals surface area contributed by atoms with Crippen molar-refractivity contribution in [2.24, 2.45) is 5.41 Å². The molecule has 0 aliphatic carbocycles. The van der Waals surface area contributed by atoms with E-state index in [1.165, 1.54) is 23.5 Å². The molecule has 1 fully saturated rings. The first-order valence-corrected chi connectivity index (χ1v) is 10.4. The van der Waals surface area contributed by atoms with Crippen LogP contribution in [0.1, 0.15) is 22.6 Å². The maximum absolute atomic E-state index is 13.2. The summed E-state index contributed by atoms with van der Waals surface area (Å²) in [5.41, 5.74) is 0.704. The fraction of sp³-hybridized carbons (Fsp3) is 0.429. The molecule has 0 radical (unpaired) electrons. The highest BCUT2D eigenvalue weighted by molar-refractivity contribution is 7.16. The number of aliphatic hydroxyl groups is 2. The molecule has 6 nitrogen and oxygen atoms in total. The first kappa shape index (κ1) is 20.2. The number of nitrogens with zero attached hydrogens (tertiary/aromatic N) is 3. The van der Waals surface area contributed by atoms with Gasteiger partial charge in [-0.2, -0.15) is 0 Å². The number of likely N-dealkylation sites (tertiary alicyclic amines) is 1. The summed E-state index contributed by atoms with van der Waals surface area (Å²) in [7, 11) is 0. The molecule has 1 saturated heterocycles. The van der Waals surface area contributed by atoms with Crippen molar-refractivity contribution in [3.63, 3.8) is 0 Å². The monoisotopic (exact) mass is 417 g/mol. The van der Waals surface area contributed by atoms with Gasteiger partial charge in [-0.25, -0.2) is 9.37 Å². The Morgan fingerprint density at radius 1 is 1.34 bits per heavy atom. The number of halogens is 1. The van der Waals surface area contributed by atoms with Crippen LogP contribution in [-0.4, -0.2) is 50.3 Å². The molecule has 1 aromatic carbocycles. The van der Waals surface area contributed by atoms with Gasteiger partial charge in [0.2, 0.25) is 0 Å². The summed E-state index contributed by atoms with van der Waals surface area (Å²) in [6, 6.07) is 7.71. The molecule has 2 aromatic heterocycles. The number of thiazole rings is 1. The van der Waals surface area contributed by atoms with E-state index in [4.69, 9.17) is 0 Å². The van der Waals surface area contributed by atoms with Crippen molar-refractivity contribution in [2.45, 2.75) is 32.4 Å². The van der Waals surface area contributed by atoms with E-state index in [0.29, 0.717) is 43.1 Å². The second-order valence-corrected chi connectivity index (χ2v) is 9.13. The molecule has 0 unspecified atom stereocenters. The first-order chi connectivity index (χ1) is 13.9. The summed E-state index contributed by atoms with van der Waals surface area (Å²) in [6.45, 7) is 3.35. The number of aromatic nitrogens is 2. The van der Waals surface area contributed by atoms with Crippen LogP contribution in [0.15, 0.2) is 41.3 Å². The topological polar surface area (TPSA) is 78.1 Å². The summed E-state index contributed by atoms with van der Waals surface area (Å²) in [6.07, 6.45) is 2.09. The summed E-state index contributed by atoms with van der Waals surface area (Å²) in [5.74, 6) is -0.311. The molecule has 154 valence electrons. The van der Waals surface area contributed by atoms with Crippen molar-refractivity contribution in [1.82, 2.24) is 14.3 Å². The maximum atomic E-state index is 13.2. The lowest BCUT2D eigenvalue weighted by Gasteiger charge is -2.45. The average molecular weight is 418 g/mol. The lowest BCUT2D eigenvalue weighted by atomic mass is 9.73. The summed E-state index contributed by atoms with van der Waals surface area (Å²) >= 11 is 1.47. The molecule has 2 atom stereocenters.